The van der Waals surface area contributed by atoms with Crippen molar-refractivity contribution in [1.82, 2.24) is 0 Å². The highest BCUT2D eigenvalue weighted by atomic mass is 32.2. The molecule has 0 aliphatic heterocycles. The Morgan fingerprint density at radius 1 is 0.850 bits per heavy atom. The van der Waals surface area contributed by atoms with Crippen LogP contribution >= 0.6 is 0 Å². The largest absolute Gasteiger partial charge is 0.480 e. The van der Waals surface area contributed by atoms with Crippen molar-refractivity contribution in [2.75, 3.05) is 11.5 Å². The first-order chi connectivity index (χ1) is 9.04. The van der Waals surface area contributed by atoms with Crippen molar-refractivity contribution >= 4 is 31.6 Å². The molecule has 0 saturated carbocycles. The molecule has 20 heavy (non-hydrogen) atoms. The SMILES string of the molecule is O=C(O)CS(=O)(=O)c1cccc(S(=O)(=O)CC(=O)O)c1. The maximum absolute atomic E-state index is 11.7. The Morgan fingerprint density at radius 3 is 1.50 bits per heavy atom. The van der Waals surface area contributed by atoms with E-state index in [2.05, 4.69) is 0 Å². The van der Waals surface area contributed by atoms with Crippen molar-refractivity contribution in [3.63, 3.8) is 0 Å². The van der Waals surface area contributed by atoms with Gasteiger partial charge in [-0.25, -0.2) is 16.8 Å². The first-order valence-corrected chi connectivity index (χ1v) is 8.34. The Hall–Kier alpha value is -1.94. The van der Waals surface area contributed by atoms with Gasteiger partial charge in [-0.05, 0) is 18.2 Å². The van der Waals surface area contributed by atoms with Crippen LogP contribution in [0.15, 0.2) is 34.1 Å². The van der Waals surface area contributed by atoms with Crippen LogP contribution in [0.25, 0.3) is 0 Å². The summed E-state index contributed by atoms with van der Waals surface area (Å²) in [5, 5.41) is 17.0. The van der Waals surface area contributed by atoms with Gasteiger partial charge in [0.2, 0.25) is 0 Å². The quantitative estimate of drug-likeness (QED) is 0.707. The van der Waals surface area contributed by atoms with Gasteiger partial charge < -0.3 is 10.2 Å². The van der Waals surface area contributed by atoms with Gasteiger partial charge in [0, 0.05) is 0 Å². The van der Waals surface area contributed by atoms with Crippen LogP contribution < -0.4 is 0 Å². The van der Waals surface area contributed by atoms with Gasteiger partial charge in [-0.1, -0.05) is 6.07 Å². The van der Waals surface area contributed by atoms with Gasteiger partial charge in [0.05, 0.1) is 9.79 Å². The second-order valence-corrected chi connectivity index (χ2v) is 7.76. The Morgan fingerprint density at radius 2 is 1.20 bits per heavy atom. The third-order valence-electron chi connectivity index (χ3n) is 2.15. The molecule has 0 aromatic heterocycles. The maximum atomic E-state index is 11.7. The molecule has 0 unspecified atom stereocenters. The van der Waals surface area contributed by atoms with Gasteiger partial charge in [-0.2, -0.15) is 0 Å². The molecule has 1 aromatic rings. The van der Waals surface area contributed by atoms with Crippen molar-refractivity contribution in [3.05, 3.63) is 24.3 Å². The van der Waals surface area contributed by atoms with E-state index >= 15 is 0 Å². The molecule has 0 fully saturated rings. The van der Waals surface area contributed by atoms with Gasteiger partial charge in [0.1, 0.15) is 0 Å². The summed E-state index contributed by atoms with van der Waals surface area (Å²) in [4.78, 5) is 19.9. The van der Waals surface area contributed by atoms with E-state index in [1.807, 2.05) is 0 Å². The number of benzene rings is 1. The first-order valence-electron chi connectivity index (χ1n) is 5.04. The molecule has 0 atom stereocenters. The van der Waals surface area contributed by atoms with E-state index in [-0.39, 0.29) is 0 Å². The van der Waals surface area contributed by atoms with E-state index in [1.54, 1.807) is 0 Å². The average molecular weight is 322 g/mol. The highest BCUT2D eigenvalue weighted by Crippen LogP contribution is 2.18. The smallest absolute Gasteiger partial charge is 0.319 e. The lowest BCUT2D eigenvalue weighted by Gasteiger charge is -2.05. The van der Waals surface area contributed by atoms with Gasteiger partial charge in [0.25, 0.3) is 0 Å². The number of rotatable bonds is 6. The molecule has 1 aromatic carbocycles. The monoisotopic (exact) mass is 322 g/mol. The predicted molar refractivity (Wildman–Crippen MR) is 65.8 cm³/mol. The summed E-state index contributed by atoms with van der Waals surface area (Å²) < 4.78 is 46.6. The number of sulfone groups is 2. The molecule has 110 valence electrons. The third kappa shape index (κ3) is 4.03. The summed E-state index contributed by atoms with van der Waals surface area (Å²) in [5.74, 6) is -5.53. The maximum Gasteiger partial charge on any atom is 0.319 e. The second-order valence-electron chi connectivity index (χ2n) is 3.78. The lowest BCUT2D eigenvalue weighted by atomic mass is 10.4. The molecule has 8 nitrogen and oxygen atoms in total. The molecule has 10 heteroatoms. The minimum Gasteiger partial charge on any atom is -0.480 e. The zero-order chi connectivity index (χ0) is 15.6. The van der Waals surface area contributed by atoms with E-state index in [1.165, 1.54) is 0 Å². The average Bonchev–Trinajstić information content (AvgIpc) is 2.25. The Labute approximate surface area is 114 Å². The number of hydrogen-bond acceptors (Lipinski definition) is 6. The first kappa shape index (κ1) is 16.1. The fourth-order valence-electron chi connectivity index (χ4n) is 1.35. The van der Waals surface area contributed by atoms with Crippen molar-refractivity contribution in [1.29, 1.82) is 0 Å². The van der Waals surface area contributed by atoms with Crippen LogP contribution in [-0.2, 0) is 29.3 Å². The lowest BCUT2D eigenvalue weighted by molar-refractivity contribution is -0.135. The fraction of sp³-hybridized carbons (Fsp3) is 0.200. The standard InChI is InChI=1S/C10H10O8S2/c11-9(12)5-19(15,16)7-2-1-3-8(4-7)20(17,18)6-10(13)14/h1-4H,5-6H2,(H,11,12)(H,13,14). The van der Waals surface area contributed by atoms with Gasteiger partial charge in [-0.15, -0.1) is 0 Å². The van der Waals surface area contributed by atoms with Gasteiger partial charge in [-0.3, -0.25) is 9.59 Å². The minimum atomic E-state index is -4.18. The molecule has 0 aliphatic rings. The van der Waals surface area contributed by atoms with Crippen LogP contribution in [-0.4, -0.2) is 50.5 Å². The van der Waals surface area contributed by atoms with E-state index in [9.17, 15) is 26.4 Å². The highest BCUT2D eigenvalue weighted by molar-refractivity contribution is 7.93. The van der Waals surface area contributed by atoms with Gasteiger partial charge >= 0.3 is 11.9 Å². The summed E-state index contributed by atoms with van der Waals surface area (Å²) in [6.45, 7) is 0. The summed E-state index contributed by atoms with van der Waals surface area (Å²) in [6.07, 6.45) is 0. The van der Waals surface area contributed by atoms with Gasteiger partial charge in [0.15, 0.2) is 31.2 Å². The molecule has 0 aliphatic carbocycles. The number of carboxylic acid groups (broad SMARTS) is 2. The van der Waals surface area contributed by atoms with Crippen LogP contribution in [0.5, 0.6) is 0 Å². The fourth-order valence-corrected chi connectivity index (χ4v) is 3.60. The molecule has 0 spiro atoms. The lowest BCUT2D eigenvalue weighted by Crippen LogP contribution is -2.17. The third-order valence-corrected chi connectivity index (χ3v) is 5.35. The molecular formula is C10H10O8S2. The topological polar surface area (TPSA) is 143 Å². The van der Waals surface area contributed by atoms with E-state index in [0.29, 0.717) is 0 Å². The number of aliphatic carboxylic acids is 2. The van der Waals surface area contributed by atoms with Crippen molar-refractivity contribution in [2.45, 2.75) is 9.79 Å². The molecule has 1 rings (SSSR count). The Balaban J connectivity index is 3.28. The van der Waals surface area contributed by atoms with Crippen LogP contribution in [0.1, 0.15) is 0 Å². The normalized spacial score (nSPS) is 12.0. The molecule has 0 amide bonds. The van der Waals surface area contributed by atoms with Crippen LogP contribution in [0.3, 0.4) is 0 Å². The van der Waals surface area contributed by atoms with E-state index in [0.717, 1.165) is 24.3 Å². The van der Waals surface area contributed by atoms with Crippen molar-refractivity contribution in [3.8, 4) is 0 Å². The zero-order valence-electron chi connectivity index (χ0n) is 9.88. The summed E-state index contributed by atoms with van der Waals surface area (Å²) in [5.41, 5.74) is 0. The summed E-state index contributed by atoms with van der Waals surface area (Å²) >= 11 is 0. The van der Waals surface area contributed by atoms with E-state index in [4.69, 9.17) is 10.2 Å². The molecule has 0 saturated heterocycles. The molecule has 0 bridgehead atoms. The highest BCUT2D eigenvalue weighted by Gasteiger charge is 2.23. The number of carboxylic acids is 2. The molecular weight excluding hydrogens is 312 g/mol. The Bertz CT molecular complexity index is 684. The second kappa shape index (κ2) is 5.59. The summed E-state index contributed by atoms with van der Waals surface area (Å²) in [6, 6.07) is 3.93. The Kier molecular flexibility index (Phi) is 4.50. The van der Waals surface area contributed by atoms with Crippen molar-refractivity contribution in [2.24, 2.45) is 0 Å². The number of carbonyl (C=O) groups is 2. The van der Waals surface area contributed by atoms with Crippen LogP contribution in [0.2, 0.25) is 0 Å². The molecule has 2 N–H and O–H groups in total. The molecule has 0 heterocycles. The van der Waals surface area contributed by atoms with Crippen LogP contribution in [0.4, 0.5) is 0 Å². The molecule has 0 radical (unpaired) electrons. The van der Waals surface area contributed by atoms with Crippen LogP contribution in [0, 0.1) is 0 Å². The minimum absolute atomic E-state index is 0.494. The number of hydrogen-bond donors (Lipinski definition) is 2. The van der Waals surface area contributed by atoms with Crippen molar-refractivity contribution < 1.29 is 36.6 Å². The predicted octanol–water partition coefficient (Wildman–Crippen LogP) is -0.597. The zero-order valence-corrected chi connectivity index (χ0v) is 11.5. The summed E-state index contributed by atoms with van der Waals surface area (Å²) in [7, 11) is -8.36. The van der Waals surface area contributed by atoms with E-state index < -0.39 is 52.9 Å².